The maximum atomic E-state index is 12.5. The van der Waals surface area contributed by atoms with Gasteiger partial charge in [0.25, 0.3) is 17.1 Å². The van der Waals surface area contributed by atoms with Crippen molar-refractivity contribution < 1.29 is 14.4 Å². The van der Waals surface area contributed by atoms with Gasteiger partial charge in [-0.3, -0.25) is 19.3 Å². The van der Waals surface area contributed by atoms with Crippen molar-refractivity contribution in [2.24, 2.45) is 0 Å². The number of benzene rings is 2. The third-order valence-electron chi connectivity index (χ3n) is 4.24. The summed E-state index contributed by atoms with van der Waals surface area (Å²) in [5, 5.41) is 2.43. The molecule has 0 bridgehead atoms. The first-order valence-corrected chi connectivity index (χ1v) is 9.63. The molecule has 0 aliphatic carbocycles. The predicted molar refractivity (Wildman–Crippen MR) is 112 cm³/mol. The lowest BCUT2D eigenvalue weighted by atomic mass is 10.2. The van der Waals surface area contributed by atoms with Gasteiger partial charge >= 0.3 is 0 Å². The molecule has 3 amide bonds. The fraction of sp³-hybridized carbons (Fsp3) is 0.190. The standard InChI is InChI=1S/C21H21N3O3S/c1-23(2)17-10-8-16(9-11-17)19(25)22-12-13-24-20(26)18(28-21(24)27)14-15-6-4-3-5-7-15/h3-11,14H,12-13H2,1-2H3,(H,22,25)/b18-14-. The minimum Gasteiger partial charge on any atom is -0.378 e. The number of rotatable bonds is 6. The van der Waals surface area contributed by atoms with Gasteiger partial charge in [-0.15, -0.1) is 0 Å². The Morgan fingerprint density at radius 3 is 2.39 bits per heavy atom. The number of nitrogens with zero attached hydrogens (tertiary/aromatic N) is 2. The van der Waals surface area contributed by atoms with Crippen LogP contribution < -0.4 is 10.2 Å². The summed E-state index contributed by atoms with van der Waals surface area (Å²) >= 11 is 0.917. The van der Waals surface area contributed by atoms with E-state index in [9.17, 15) is 14.4 Å². The van der Waals surface area contributed by atoms with Crippen molar-refractivity contribution in [1.82, 2.24) is 10.2 Å². The van der Waals surface area contributed by atoms with Crippen LogP contribution in [0.3, 0.4) is 0 Å². The minimum absolute atomic E-state index is 0.137. The van der Waals surface area contributed by atoms with Crippen LogP contribution >= 0.6 is 11.8 Å². The second-order valence-electron chi connectivity index (χ2n) is 6.44. The molecule has 1 heterocycles. The molecule has 2 aromatic rings. The highest BCUT2D eigenvalue weighted by atomic mass is 32.2. The number of thioether (sulfide) groups is 1. The Hall–Kier alpha value is -3.06. The quantitative estimate of drug-likeness (QED) is 0.761. The van der Waals surface area contributed by atoms with E-state index in [0.717, 1.165) is 27.9 Å². The third kappa shape index (κ3) is 4.61. The van der Waals surface area contributed by atoms with Gasteiger partial charge in [-0.05, 0) is 47.7 Å². The summed E-state index contributed by atoms with van der Waals surface area (Å²) < 4.78 is 0. The van der Waals surface area contributed by atoms with Crippen LogP contribution in [-0.4, -0.2) is 49.1 Å². The molecular weight excluding hydrogens is 374 g/mol. The molecule has 1 fully saturated rings. The zero-order chi connectivity index (χ0) is 20.1. The minimum atomic E-state index is -0.330. The molecule has 0 spiro atoms. The average Bonchev–Trinajstić information content (AvgIpc) is 2.96. The Balaban J connectivity index is 1.55. The Kier molecular flexibility index (Phi) is 6.16. The van der Waals surface area contributed by atoms with E-state index in [0.29, 0.717) is 10.5 Å². The molecule has 6 nitrogen and oxygen atoms in total. The first-order chi connectivity index (χ1) is 13.5. The summed E-state index contributed by atoms with van der Waals surface area (Å²) in [6, 6.07) is 16.6. The molecule has 7 heteroatoms. The number of hydrogen-bond donors (Lipinski definition) is 1. The van der Waals surface area contributed by atoms with Crippen molar-refractivity contribution in [3.05, 3.63) is 70.6 Å². The molecule has 0 saturated carbocycles. The van der Waals surface area contributed by atoms with E-state index in [1.807, 2.05) is 61.5 Å². The van der Waals surface area contributed by atoms with Crippen molar-refractivity contribution in [3.8, 4) is 0 Å². The molecule has 0 unspecified atom stereocenters. The first-order valence-electron chi connectivity index (χ1n) is 8.82. The fourth-order valence-corrected chi connectivity index (χ4v) is 3.55. The van der Waals surface area contributed by atoms with Gasteiger partial charge in [0.2, 0.25) is 0 Å². The Bertz CT molecular complexity index is 908. The highest BCUT2D eigenvalue weighted by Crippen LogP contribution is 2.31. The van der Waals surface area contributed by atoms with Crippen LogP contribution in [0.25, 0.3) is 6.08 Å². The number of carbonyl (C=O) groups is 3. The highest BCUT2D eigenvalue weighted by molar-refractivity contribution is 8.18. The average molecular weight is 395 g/mol. The summed E-state index contributed by atoms with van der Waals surface area (Å²) in [5.41, 5.74) is 2.39. The van der Waals surface area contributed by atoms with Crippen LogP contribution in [0.2, 0.25) is 0 Å². The summed E-state index contributed by atoms with van der Waals surface area (Å²) in [6.45, 7) is 0.337. The van der Waals surface area contributed by atoms with Crippen LogP contribution in [0, 0.1) is 0 Å². The Morgan fingerprint density at radius 2 is 1.75 bits per heavy atom. The van der Waals surface area contributed by atoms with Gasteiger partial charge in [0, 0.05) is 38.4 Å². The van der Waals surface area contributed by atoms with Crippen molar-refractivity contribution in [1.29, 1.82) is 0 Å². The van der Waals surface area contributed by atoms with E-state index >= 15 is 0 Å². The van der Waals surface area contributed by atoms with Gasteiger partial charge in [0.05, 0.1) is 4.91 Å². The van der Waals surface area contributed by atoms with E-state index in [4.69, 9.17) is 0 Å². The van der Waals surface area contributed by atoms with E-state index < -0.39 is 0 Å². The van der Waals surface area contributed by atoms with Crippen LogP contribution in [-0.2, 0) is 4.79 Å². The molecule has 0 aromatic heterocycles. The summed E-state index contributed by atoms with van der Waals surface area (Å²) in [5.74, 6) is -0.569. The molecular formula is C21H21N3O3S. The van der Waals surface area contributed by atoms with E-state index in [2.05, 4.69) is 5.32 Å². The fourth-order valence-electron chi connectivity index (χ4n) is 2.69. The molecule has 1 N–H and O–H groups in total. The second kappa shape index (κ2) is 8.75. The number of amides is 3. The summed E-state index contributed by atoms with van der Waals surface area (Å²) in [4.78, 5) is 40.3. The van der Waals surface area contributed by atoms with E-state index in [1.54, 1.807) is 18.2 Å². The highest BCUT2D eigenvalue weighted by Gasteiger charge is 2.34. The Labute approximate surface area is 168 Å². The smallest absolute Gasteiger partial charge is 0.293 e. The summed E-state index contributed by atoms with van der Waals surface area (Å²) in [6.07, 6.45) is 1.70. The van der Waals surface area contributed by atoms with Crippen molar-refractivity contribution >= 4 is 40.6 Å². The maximum absolute atomic E-state index is 12.5. The van der Waals surface area contributed by atoms with Crippen LogP contribution in [0.5, 0.6) is 0 Å². The van der Waals surface area contributed by atoms with E-state index in [1.165, 1.54) is 0 Å². The SMILES string of the molecule is CN(C)c1ccc(C(=O)NCCN2C(=O)S/C(=C\c3ccccc3)C2=O)cc1. The zero-order valence-corrected chi connectivity index (χ0v) is 16.5. The number of imide groups is 1. The summed E-state index contributed by atoms with van der Waals surface area (Å²) in [7, 11) is 3.86. The maximum Gasteiger partial charge on any atom is 0.293 e. The van der Waals surface area contributed by atoms with Gasteiger partial charge in [0.1, 0.15) is 0 Å². The van der Waals surface area contributed by atoms with Gasteiger partial charge < -0.3 is 10.2 Å². The number of nitrogens with one attached hydrogen (secondary N) is 1. The first kappa shape index (κ1) is 19.7. The molecule has 0 atom stereocenters. The number of anilines is 1. The monoisotopic (exact) mass is 395 g/mol. The molecule has 3 rings (SSSR count). The lowest BCUT2D eigenvalue weighted by molar-refractivity contribution is -0.122. The molecule has 28 heavy (non-hydrogen) atoms. The van der Waals surface area contributed by atoms with Crippen molar-refractivity contribution in [2.75, 3.05) is 32.1 Å². The van der Waals surface area contributed by atoms with Crippen LogP contribution in [0.1, 0.15) is 15.9 Å². The zero-order valence-electron chi connectivity index (χ0n) is 15.7. The molecule has 0 radical (unpaired) electrons. The number of carbonyl (C=O) groups excluding carboxylic acids is 3. The molecule has 144 valence electrons. The lowest BCUT2D eigenvalue weighted by Crippen LogP contribution is -2.37. The van der Waals surface area contributed by atoms with Crippen molar-refractivity contribution in [2.45, 2.75) is 0 Å². The third-order valence-corrected chi connectivity index (χ3v) is 5.15. The normalized spacial score (nSPS) is 15.2. The topological polar surface area (TPSA) is 69.7 Å². The second-order valence-corrected chi connectivity index (χ2v) is 7.43. The van der Waals surface area contributed by atoms with Gasteiger partial charge in [-0.2, -0.15) is 0 Å². The molecule has 1 aliphatic rings. The number of hydrogen-bond acceptors (Lipinski definition) is 5. The molecule has 1 aliphatic heterocycles. The van der Waals surface area contributed by atoms with Crippen LogP contribution in [0.15, 0.2) is 59.5 Å². The van der Waals surface area contributed by atoms with Gasteiger partial charge in [0.15, 0.2) is 0 Å². The molecule has 2 aromatic carbocycles. The van der Waals surface area contributed by atoms with Crippen LogP contribution in [0.4, 0.5) is 10.5 Å². The largest absolute Gasteiger partial charge is 0.378 e. The Morgan fingerprint density at radius 1 is 1.07 bits per heavy atom. The predicted octanol–water partition coefficient (Wildman–Crippen LogP) is 3.22. The van der Waals surface area contributed by atoms with Gasteiger partial charge in [-0.1, -0.05) is 30.3 Å². The van der Waals surface area contributed by atoms with Crippen molar-refractivity contribution in [3.63, 3.8) is 0 Å². The van der Waals surface area contributed by atoms with E-state index in [-0.39, 0.29) is 30.1 Å². The van der Waals surface area contributed by atoms with Gasteiger partial charge in [-0.25, -0.2) is 0 Å². The lowest BCUT2D eigenvalue weighted by Gasteiger charge is -2.14. The molecule has 1 saturated heterocycles.